The van der Waals surface area contributed by atoms with Crippen LogP contribution >= 0.6 is 0 Å². The number of aliphatic hydroxyl groups excluding tert-OH is 1. The maximum absolute atomic E-state index is 10.7. The summed E-state index contributed by atoms with van der Waals surface area (Å²) in [6, 6.07) is 17.2. The third kappa shape index (κ3) is 6.51. The number of benzene rings is 2. The first kappa shape index (κ1) is 25.6. The van der Waals surface area contributed by atoms with Gasteiger partial charge in [-0.25, -0.2) is 0 Å². The number of aliphatic hydroxyl groups is 1. The lowest BCUT2D eigenvalue weighted by molar-refractivity contribution is 0.0655. The Kier molecular flexibility index (Phi) is 8.47. The van der Waals surface area contributed by atoms with Gasteiger partial charge in [0, 0.05) is 44.0 Å². The molecule has 2 aromatic carbocycles. The SMILES string of the molecule is CCC(C)(C)c1ccc(OC[C@H](O)CN2CCN(c3ccccc3)CC2)c(C(C)(C)CC)c1. The lowest BCUT2D eigenvalue weighted by Gasteiger charge is -2.37. The topological polar surface area (TPSA) is 35.9 Å². The summed E-state index contributed by atoms with van der Waals surface area (Å²) in [7, 11) is 0. The van der Waals surface area contributed by atoms with Crippen molar-refractivity contribution in [2.45, 2.75) is 71.3 Å². The van der Waals surface area contributed by atoms with E-state index in [1.807, 2.05) is 0 Å². The summed E-state index contributed by atoms with van der Waals surface area (Å²) >= 11 is 0. The van der Waals surface area contributed by atoms with Gasteiger partial charge in [-0.1, -0.05) is 71.9 Å². The summed E-state index contributed by atoms with van der Waals surface area (Å²) in [6.07, 6.45) is 1.63. The summed E-state index contributed by atoms with van der Waals surface area (Å²) in [5.41, 5.74) is 4.03. The Morgan fingerprint density at radius 2 is 1.52 bits per heavy atom. The van der Waals surface area contributed by atoms with Crippen LogP contribution in [0.25, 0.3) is 0 Å². The van der Waals surface area contributed by atoms with E-state index in [1.165, 1.54) is 16.8 Å². The zero-order valence-electron chi connectivity index (χ0n) is 21.6. The largest absolute Gasteiger partial charge is 0.491 e. The normalized spacial score (nSPS) is 16.6. The Bertz CT molecular complexity index is 870. The molecule has 1 saturated heterocycles. The Labute approximate surface area is 201 Å². The molecule has 4 heteroatoms. The van der Waals surface area contributed by atoms with E-state index in [9.17, 15) is 5.11 Å². The van der Waals surface area contributed by atoms with E-state index in [4.69, 9.17) is 4.74 Å². The number of para-hydroxylation sites is 1. The Balaban J connectivity index is 1.59. The highest BCUT2D eigenvalue weighted by Gasteiger charge is 2.27. The number of β-amino-alcohol motifs (C(OH)–C–C–N with tert-alkyl or cyclic N) is 1. The highest BCUT2D eigenvalue weighted by Crippen LogP contribution is 2.38. The molecular formula is C29H44N2O2. The summed E-state index contributed by atoms with van der Waals surface area (Å²) in [4.78, 5) is 4.76. The number of ether oxygens (including phenoxy) is 1. The first-order valence-corrected chi connectivity index (χ1v) is 12.6. The van der Waals surface area contributed by atoms with Crippen LogP contribution in [0.2, 0.25) is 0 Å². The molecule has 182 valence electrons. The molecule has 0 saturated carbocycles. The molecule has 0 spiro atoms. The van der Waals surface area contributed by atoms with Crippen molar-refractivity contribution in [1.82, 2.24) is 4.90 Å². The molecule has 1 atom stereocenters. The quantitative estimate of drug-likeness (QED) is 0.507. The molecule has 0 amide bonds. The van der Waals surface area contributed by atoms with Gasteiger partial charge in [0.05, 0.1) is 0 Å². The smallest absolute Gasteiger partial charge is 0.123 e. The number of nitrogens with zero attached hydrogens (tertiary/aromatic N) is 2. The van der Waals surface area contributed by atoms with Crippen LogP contribution in [0.3, 0.4) is 0 Å². The molecule has 2 aromatic rings. The van der Waals surface area contributed by atoms with Gasteiger partial charge < -0.3 is 14.7 Å². The molecule has 1 N–H and O–H groups in total. The fourth-order valence-electron chi connectivity index (χ4n) is 4.36. The van der Waals surface area contributed by atoms with Gasteiger partial charge in [0.2, 0.25) is 0 Å². The second-order valence-electron chi connectivity index (χ2n) is 10.8. The molecule has 4 nitrogen and oxygen atoms in total. The minimum atomic E-state index is -0.502. The molecule has 1 heterocycles. The molecule has 0 aliphatic carbocycles. The van der Waals surface area contributed by atoms with Crippen LogP contribution in [0.5, 0.6) is 5.75 Å². The molecule has 0 radical (unpaired) electrons. The second-order valence-corrected chi connectivity index (χ2v) is 10.8. The van der Waals surface area contributed by atoms with Gasteiger partial charge in [-0.2, -0.15) is 0 Å². The van der Waals surface area contributed by atoms with Crippen molar-refractivity contribution in [1.29, 1.82) is 0 Å². The number of hydrogen-bond acceptors (Lipinski definition) is 4. The van der Waals surface area contributed by atoms with Crippen LogP contribution in [0.4, 0.5) is 5.69 Å². The van der Waals surface area contributed by atoms with E-state index in [1.54, 1.807) is 0 Å². The van der Waals surface area contributed by atoms with Gasteiger partial charge in [-0.15, -0.1) is 0 Å². The van der Waals surface area contributed by atoms with Gasteiger partial charge in [0.25, 0.3) is 0 Å². The lowest BCUT2D eigenvalue weighted by atomic mass is 9.76. The average Bonchev–Trinajstić information content (AvgIpc) is 2.83. The minimum Gasteiger partial charge on any atom is -0.491 e. The number of hydrogen-bond donors (Lipinski definition) is 1. The minimum absolute atomic E-state index is 0.0217. The third-order valence-electron chi connectivity index (χ3n) is 7.65. The molecule has 0 aromatic heterocycles. The van der Waals surface area contributed by atoms with E-state index < -0.39 is 6.10 Å². The number of rotatable bonds is 10. The number of piperazine rings is 1. The Hall–Kier alpha value is -2.04. The van der Waals surface area contributed by atoms with Crippen molar-refractivity contribution < 1.29 is 9.84 Å². The van der Waals surface area contributed by atoms with Crippen molar-refractivity contribution in [2.75, 3.05) is 44.2 Å². The van der Waals surface area contributed by atoms with Gasteiger partial charge >= 0.3 is 0 Å². The fraction of sp³-hybridized carbons (Fsp3) is 0.586. The fourth-order valence-corrected chi connectivity index (χ4v) is 4.36. The van der Waals surface area contributed by atoms with Crippen molar-refractivity contribution in [3.05, 3.63) is 59.7 Å². The van der Waals surface area contributed by atoms with Gasteiger partial charge in [0.15, 0.2) is 0 Å². The van der Waals surface area contributed by atoms with Crippen molar-refractivity contribution >= 4 is 5.69 Å². The van der Waals surface area contributed by atoms with Crippen LogP contribution in [0.1, 0.15) is 65.5 Å². The Morgan fingerprint density at radius 3 is 2.12 bits per heavy atom. The first-order chi connectivity index (χ1) is 15.7. The standard InChI is InChI=1S/C29H44N2O2/c1-7-28(3,4)23-14-15-27(26(20-23)29(5,6)8-2)33-22-25(32)21-30-16-18-31(19-17-30)24-12-10-9-11-13-24/h9-15,20,25,32H,7-8,16-19,21-22H2,1-6H3/t25-/m1/s1. The van der Waals surface area contributed by atoms with Crippen LogP contribution < -0.4 is 9.64 Å². The maximum atomic E-state index is 10.7. The summed E-state index contributed by atoms with van der Waals surface area (Å²) in [5.74, 6) is 0.908. The highest BCUT2D eigenvalue weighted by molar-refractivity contribution is 5.46. The van der Waals surface area contributed by atoms with E-state index >= 15 is 0 Å². The van der Waals surface area contributed by atoms with E-state index in [0.29, 0.717) is 13.2 Å². The van der Waals surface area contributed by atoms with Crippen LogP contribution in [-0.2, 0) is 10.8 Å². The zero-order chi connectivity index (χ0) is 24.1. The van der Waals surface area contributed by atoms with Crippen LogP contribution in [0.15, 0.2) is 48.5 Å². The van der Waals surface area contributed by atoms with E-state index in [-0.39, 0.29) is 10.8 Å². The van der Waals surface area contributed by atoms with Gasteiger partial charge in [0.1, 0.15) is 18.5 Å². The third-order valence-corrected chi connectivity index (χ3v) is 7.65. The summed E-state index contributed by atoms with van der Waals surface area (Å²) in [5, 5.41) is 10.7. The summed E-state index contributed by atoms with van der Waals surface area (Å²) < 4.78 is 6.23. The summed E-state index contributed by atoms with van der Waals surface area (Å²) in [6.45, 7) is 18.5. The maximum Gasteiger partial charge on any atom is 0.123 e. The monoisotopic (exact) mass is 452 g/mol. The second kappa shape index (κ2) is 10.9. The molecule has 1 aliphatic rings. The van der Waals surface area contributed by atoms with Crippen molar-refractivity contribution in [3.8, 4) is 5.75 Å². The molecule has 3 rings (SSSR count). The van der Waals surface area contributed by atoms with Crippen LogP contribution in [-0.4, -0.2) is 55.4 Å². The molecule has 0 bridgehead atoms. The van der Waals surface area contributed by atoms with E-state index in [0.717, 1.165) is 44.8 Å². The molecule has 1 fully saturated rings. The predicted octanol–water partition coefficient (Wildman–Crippen LogP) is 5.62. The van der Waals surface area contributed by atoms with Gasteiger partial charge in [-0.3, -0.25) is 4.90 Å². The predicted molar refractivity (Wildman–Crippen MR) is 140 cm³/mol. The lowest BCUT2D eigenvalue weighted by Crippen LogP contribution is -2.49. The van der Waals surface area contributed by atoms with Crippen LogP contribution in [0, 0.1) is 0 Å². The molecular weight excluding hydrogens is 408 g/mol. The number of anilines is 1. The van der Waals surface area contributed by atoms with Crippen molar-refractivity contribution in [2.24, 2.45) is 0 Å². The Morgan fingerprint density at radius 1 is 0.879 bits per heavy atom. The molecule has 33 heavy (non-hydrogen) atoms. The van der Waals surface area contributed by atoms with Crippen molar-refractivity contribution in [3.63, 3.8) is 0 Å². The molecule has 1 aliphatic heterocycles. The average molecular weight is 453 g/mol. The molecule has 0 unspecified atom stereocenters. The zero-order valence-corrected chi connectivity index (χ0v) is 21.6. The highest BCUT2D eigenvalue weighted by atomic mass is 16.5. The van der Waals surface area contributed by atoms with E-state index in [2.05, 4.69) is 99.9 Å². The van der Waals surface area contributed by atoms with Gasteiger partial charge in [-0.05, 0) is 47.4 Å². The first-order valence-electron chi connectivity index (χ1n) is 12.6.